The summed E-state index contributed by atoms with van der Waals surface area (Å²) in [6, 6.07) is 7.60. The van der Waals surface area contributed by atoms with E-state index in [-0.39, 0.29) is 0 Å². The van der Waals surface area contributed by atoms with E-state index in [4.69, 9.17) is 9.47 Å². The normalized spacial score (nSPS) is 11.4. The summed E-state index contributed by atoms with van der Waals surface area (Å²) in [5.41, 5.74) is 0.874. The number of ether oxygens (including phenoxy) is 2. The Bertz CT molecular complexity index is 352. The number of nitrogens with zero attached hydrogens (tertiary/aromatic N) is 1. The molecule has 17 heavy (non-hydrogen) atoms. The summed E-state index contributed by atoms with van der Waals surface area (Å²) < 4.78 is 10.6. The van der Waals surface area contributed by atoms with Gasteiger partial charge in [-0.25, -0.2) is 4.99 Å². The highest BCUT2D eigenvalue weighted by molar-refractivity contribution is 8.82. The van der Waals surface area contributed by atoms with Crippen LogP contribution in [0.15, 0.2) is 29.3 Å². The Balaban J connectivity index is 2.72. The molecule has 0 heterocycles. The molecule has 3 nitrogen and oxygen atoms in total. The summed E-state index contributed by atoms with van der Waals surface area (Å²) in [7, 11) is 4.93. The molecule has 0 aromatic heterocycles. The molecule has 0 aliphatic rings. The van der Waals surface area contributed by atoms with Crippen molar-refractivity contribution < 1.29 is 9.47 Å². The van der Waals surface area contributed by atoms with Crippen LogP contribution < -0.4 is 4.74 Å². The van der Waals surface area contributed by atoms with Crippen molar-refractivity contribution in [3.63, 3.8) is 0 Å². The zero-order valence-corrected chi connectivity index (χ0v) is 11.9. The Kier molecular flexibility index (Phi) is 6.96. The van der Waals surface area contributed by atoms with Crippen molar-refractivity contribution in [2.45, 2.75) is 13.8 Å². The minimum Gasteiger partial charge on any atom is -0.497 e. The maximum atomic E-state index is 5.47. The van der Waals surface area contributed by atoms with Gasteiger partial charge in [0.2, 0.25) is 0 Å². The Hall–Kier alpha value is -0.810. The second-order valence-electron chi connectivity index (χ2n) is 3.00. The first-order chi connectivity index (χ1) is 8.30. The van der Waals surface area contributed by atoms with Gasteiger partial charge in [-0.2, -0.15) is 0 Å². The molecule has 0 bridgehead atoms. The lowest BCUT2D eigenvalue weighted by molar-refractivity contribution is 0.338. The summed E-state index contributed by atoms with van der Waals surface area (Å²) >= 11 is 0. The molecular formula is C12H17NO2S2. The predicted octanol–water partition coefficient (Wildman–Crippen LogP) is 4.12. The van der Waals surface area contributed by atoms with Gasteiger partial charge in [0.15, 0.2) is 0 Å². The minimum absolute atomic E-state index is 0.631. The van der Waals surface area contributed by atoms with Gasteiger partial charge in [-0.15, -0.1) is 0 Å². The molecule has 0 saturated carbocycles. The third-order valence-electron chi connectivity index (χ3n) is 1.81. The average Bonchev–Trinajstić information content (AvgIpc) is 2.37. The summed E-state index contributed by atoms with van der Waals surface area (Å²) in [5, 5.41) is 0.699. The summed E-state index contributed by atoms with van der Waals surface area (Å²) in [6.07, 6.45) is 0. The van der Waals surface area contributed by atoms with Crippen molar-refractivity contribution in [1.29, 1.82) is 0 Å². The molecule has 0 aliphatic carbocycles. The number of benzene rings is 1. The topological polar surface area (TPSA) is 30.8 Å². The number of hydrogen-bond acceptors (Lipinski definition) is 5. The Morgan fingerprint density at radius 1 is 1.24 bits per heavy atom. The molecule has 0 spiro atoms. The zero-order valence-electron chi connectivity index (χ0n) is 10.3. The smallest absolute Gasteiger partial charge is 0.261 e. The van der Waals surface area contributed by atoms with Gasteiger partial charge < -0.3 is 9.47 Å². The first-order valence-corrected chi connectivity index (χ1v) is 7.77. The summed E-state index contributed by atoms with van der Waals surface area (Å²) in [4.78, 5) is 4.44. The summed E-state index contributed by atoms with van der Waals surface area (Å²) in [5.74, 6) is 1.86. The fraction of sp³-hybridized carbons (Fsp3) is 0.417. The van der Waals surface area contributed by atoms with E-state index in [0.29, 0.717) is 11.8 Å². The van der Waals surface area contributed by atoms with Crippen molar-refractivity contribution in [2.75, 3.05) is 19.5 Å². The maximum absolute atomic E-state index is 5.47. The van der Waals surface area contributed by atoms with Crippen LogP contribution in [0.1, 0.15) is 13.8 Å². The molecule has 0 N–H and O–H groups in total. The van der Waals surface area contributed by atoms with Crippen LogP contribution in [0.4, 0.5) is 5.69 Å². The van der Waals surface area contributed by atoms with E-state index >= 15 is 0 Å². The van der Waals surface area contributed by atoms with Crippen molar-refractivity contribution in [3.8, 4) is 5.75 Å². The lowest BCUT2D eigenvalue weighted by Gasteiger charge is -2.05. The highest BCUT2D eigenvalue weighted by Gasteiger charge is 2.02. The largest absolute Gasteiger partial charge is 0.497 e. The van der Waals surface area contributed by atoms with Crippen molar-refractivity contribution in [3.05, 3.63) is 24.3 Å². The molecule has 1 aromatic carbocycles. The SMILES string of the molecule is CCOC(=Nc1ccc(OC)cc1)SSCC. The van der Waals surface area contributed by atoms with E-state index in [9.17, 15) is 0 Å². The van der Waals surface area contributed by atoms with Gasteiger partial charge in [-0.1, -0.05) is 17.7 Å². The Labute approximate surface area is 110 Å². The molecular weight excluding hydrogens is 254 g/mol. The van der Waals surface area contributed by atoms with E-state index in [1.165, 1.54) is 0 Å². The first-order valence-electron chi connectivity index (χ1n) is 5.45. The second kappa shape index (κ2) is 8.31. The molecule has 0 atom stereocenters. The van der Waals surface area contributed by atoms with Crippen LogP contribution in [0.5, 0.6) is 5.75 Å². The van der Waals surface area contributed by atoms with Gasteiger partial charge in [0.05, 0.1) is 19.4 Å². The Morgan fingerprint density at radius 3 is 2.47 bits per heavy atom. The van der Waals surface area contributed by atoms with Crippen LogP contribution in [-0.4, -0.2) is 24.7 Å². The van der Waals surface area contributed by atoms with Gasteiger partial charge >= 0.3 is 0 Å². The maximum Gasteiger partial charge on any atom is 0.261 e. The van der Waals surface area contributed by atoms with Crippen LogP contribution in [0, 0.1) is 0 Å². The van der Waals surface area contributed by atoms with Gasteiger partial charge in [-0.05, 0) is 31.2 Å². The molecule has 0 amide bonds. The lowest BCUT2D eigenvalue weighted by Crippen LogP contribution is -1.97. The van der Waals surface area contributed by atoms with Crippen molar-refractivity contribution in [1.82, 2.24) is 0 Å². The number of rotatable bonds is 5. The van der Waals surface area contributed by atoms with E-state index < -0.39 is 0 Å². The quantitative estimate of drug-likeness (QED) is 0.458. The van der Waals surface area contributed by atoms with E-state index in [1.807, 2.05) is 31.2 Å². The van der Waals surface area contributed by atoms with Gasteiger partial charge in [0.25, 0.3) is 5.23 Å². The molecule has 0 radical (unpaired) electrons. The van der Waals surface area contributed by atoms with Crippen LogP contribution >= 0.6 is 21.6 Å². The van der Waals surface area contributed by atoms with Crippen LogP contribution in [0.3, 0.4) is 0 Å². The molecule has 1 aromatic rings. The first kappa shape index (κ1) is 14.3. The Morgan fingerprint density at radius 2 is 1.94 bits per heavy atom. The van der Waals surface area contributed by atoms with E-state index in [2.05, 4.69) is 11.9 Å². The van der Waals surface area contributed by atoms with Gasteiger partial charge in [0.1, 0.15) is 5.75 Å². The molecule has 0 unspecified atom stereocenters. The molecule has 0 aliphatic heterocycles. The van der Waals surface area contributed by atoms with Gasteiger partial charge in [0, 0.05) is 16.5 Å². The predicted molar refractivity (Wildman–Crippen MR) is 77.4 cm³/mol. The average molecular weight is 271 g/mol. The fourth-order valence-corrected chi connectivity index (χ4v) is 2.51. The minimum atomic E-state index is 0.631. The van der Waals surface area contributed by atoms with Crippen molar-refractivity contribution in [2.24, 2.45) is 4.99 Å². The van der Waals surface area contributed by atoms with E-state index in [0.717, 1.165) is 17.2 Å². The zero-order chi connectivity index (χ0) is 12.5. The second-order valence-corrected chi connectivity index (χ2v) is 5.53. The fourth-order valence-electron chi connectivity index (χ4n) is 1.07. The lowest BCUT2D eigenvalue weighted by atomic mass is 10.3. The number of hydrogen-bond donors (Lipinski definition) is 0. The monoisotopic (exact) mass is 271 g/mol. The highest BCUT2D eigenvalue weighted by Crippen LogP contribution is 2.26. The molecule has 1 rings (SSSR count). The molecule has 5 heteroatoms. The van der Waals surface area contributed by atoms with E-state index in [1.54, 1.807) is 28.7 Å². The van der Waals surface area contributed by atoms with Crippen molar-refractivity contribution >= 4 is 32.5 Å². The van der Waals surface area contributed by atoms with Crippen LogP contribution in [0.25, 0.3) is 0 Å². The van der Waals surface area contributed by atoms with Crippen LogP contribution in [0.2, 0.25) is 0 Å². The third kappa shape index (κ3) is 5.37. The number of methoxy groups -OCH3 is 1. The standard InChI is InChI=1S/C12H17NO2S2/c1-4-15-12(17-16-5-2)13-10-6-8-11(14-3)9-7-10/h6-9H,4-5H2,1-3H3. The molecule has 0 fully saturated rings. The molecule has 94 valence electrons. The van der Waals surface area contributed by atoms with Gasteiger partial charge in [-0.3, -0.25) is 0 Å². The highest BCUT2D eigenvalue weighted by atomic mass is 33.1. The molecule has 0 saturated heterocycles. The number of aliphatic imine (C=N–C) groups is 1. The third-order valence-corrected chi connectivity index (χ3v) is 4.00. The summed E-state index contributed by atoms with van der Waals surface area (Å²) in [6.45, 7) is 4.70. The van der Waals surface area contributed by atoms with Crippen LogP contribution in [-0.2, 0) is 4.74 Å².